The Morgan fingerprint density at radius 2 is 0.984 bits per heavy atom. The lowest BCUT2D eigenvalue weighted by Crippen LogP contribution is -2.44. The summed E-state index contributed by atoms with van der Waals surface area (Å²) in [5.74, 6) is 3.02. The van der Waals surface area contributed by atoms with Gasteiger partial charge in [-0.2, -0.15) is 0 Å². The van der Waals surface area contributed by atoms with Gasteiger partial charge in [-0.25, -0.2) is 14.6 Å². The predicted octanol–water partition coefficient (Wildman–Crippen LogP) is 10.6. The number of thiocarbonyl (C=S) groups is 1. The van der Waals surface area contributed by atoms with Gasteiger partial charge in [0.05, 0.1) is 10.00 Å². The van der Waals surface area contributed by atoms with Crippen molar-refractivity contribution in [2.75, 3.05) is 62.2 Å². The quantitative estimate of drug-likeness (QED) is 0.199. The van der Waals surface area contributed by atoms with Crippen LogP contribution in [0.1, 0.15) is 115 Å². The highest BCUT2D eigenvalue weighted by atomic mass is 32.1. The largest absolute Gasteiger partial charge is 0.444 e. The molecular formula is C50H74N6O4S2. The molecule has 5 heterocycles. The average molecular weight is 887 g/mol. The molecule has 2 amide bonds. The van der Waals surface area contributed by atoms with Crippen molar-refractivity contribution < 1.29 is 19.1 Å². The van der Waals surface area contributed by atoms with Crippen LogP contribution < -0.4 is 15.5 Å². The SMILES string of the molecule is CC(C)(C)OC(=O)N1CCC(C2CCN(c3ccc(CCC(N)=S)cc3)CC2)CC1.CC(C)(C)OC(=O)N1CCC(C2CCN(c3ccc(CCc4nccs4)cc3)CC2)CC1. The highest BCUT2D eigenvalue weighted by Gasteiger charge is 2.34. The molecular weight excluding hydrogens is 813 g/mol. The molecule has 62 heavy (non-hydrogen) atoms. The molecule has 2 N–H and O–H groups in total. The monoisotopic (exact) mass is 887 g/mol. The van der Waals surface area contributed by atoms with E-state index in [0.29, 0.717) is 4.99 Å². The van der Waals surface area contributed by atoms with E-state index in [1.165, 1.54) is 53.2 Å². The van der Waals surface area contributed by atoms with Gasteiger partial charge in [-0.1, -0.05) is 36.5 Å². The molecule has 340 valence electrons. The molecule has 4 fully saturated rings. The minimum absolute atomic E-state index is 0.152. The summed E-state index contributed by atoms with van der Waals surface area (Å²) < 4.78 is 11.1. The van der Waals surface area contributed by atoms with Crippen LogP contribution in [0.15, 0.2) is 60.1 Å². The summed E-state index contributed by atoms with van der Waals surface area (Å²) in [5, 5.41) is 3.26. The Balaban J connectivity index is 0.000000207. The number of piperidine rings is 4. The molecule has 0 saturated carbocycles. The fourth-order valence-electron chi connectivity index (χ4n) is 9.66. The number of amides is 2. The summed E-state index contributed by atoms with van der Waals surface area (Å²) in [7, 11) is 0. The maximum Gasteiger partial charge on any atom is 0.410 e. The fraction of sp³-hybridized carbons (Fsp3) is 0.640. The van der Waals surface area contributed by atoms with Crippen LogP contribution in [0.3, 0.4) is 0 Å². The lowest BCUT2D eigenvalue weighted by atomic mass is 9.79. The zero-order valence-corrected chi connectivity index (χ0v) is 40.1. The second kappa shape index (κ2) is 22.1. The number of rotatable bonds is 10. The van der Waals surface area contributed by atoms with Crippen molar-refractivity contribution >= 4 is 52.1 Å². The van der Waals surface area contributed by atoms with Crippen LogP contribution >= 0.6 is 23.6 Å². The fourth-order valence-corrected chi connectivity index (χ4v) is 10.4. The molecule has 1 aromatic heterocycles. The van der Waals surface area contributed by atoms with E-state index in [1.807, 2.05) is 62.9 Å². The van der Waals surface area contributed by atoms with Crippen molar-refractivity contribution in [2.24, 2.45) is 29.4 Å². The van der Waals surface area contributed by atoms with Gasteiger partial charge in [0, 0.05) is 88.2 Å². The van der Waals surface area contributed by atoms with E-state index < -0.39 is 11.2 Å². The lowest BCUT2D eigenvalue weighted by molar-refractivity contribution is 0.0142. The molecule has 4 aliphatic rings. The van der Waals surface area contributed by atoms with Gasteiger partial charge in [-0.3, -0.25) is 0 Å². The number of hydrogen-bond acceptors (Lipinski definition) is 9. The Morgan fingerprint density at radius 3 is 1.32 bits per heavy atom. The third-order valence-electron chi connectivity index (χ3n) is 13.2. The van der Waals surface area contributed by atoms with E-state index in [2.05, 4.69) is 63.3 Å². The summed E-state index contributed by atoms with van der Waals surface area (Å²) in [6.45, 7) is 19.4. The van der Waals surface area contributed by atoms with E-state index >= 15 is 0 Å². The Labute approximate surface area is 381 Å². The van der Waals surface area contributed by atoms with Gasteiger partial charge in [0.1, 0.15) is 11.2 Å². The number of benzene rings is 2. The standard InChI is InChI=1S/C26H37N3O2S.C24H37N3O2S/c1-26(2,3)31-25(30)29-17-12-22(13-18-29)21-10-15-28(16-11-21)23-7-4-20(5-8-23)6-9-24-27-14-19-32-24;1-24(2,3)29-23(28)27-16-12-20(13-17-27)19-10-14-26(15-11-19)21-7-4-18(5-8-21)6-9-22(25)30/h4-5,7-8,14,19,21-22H,6,9-13,15-18H2,1-3H3;4-5,7-8,19-20H,6,9-17H2,1-3H3,(H2,25,30). The first-order chi connectivity index (χ1) is 29.6. The molecule has 0 radical (unpaired) electrons. The van der Waals surface area contributed by atoms with E-state index in [0.717, 1.165) is 127 Å². The average Bonchev–Trinajstić information content (AvgIpc) is 3.79. The zero-order chi connectivity index (χ0) is 44.3. The van der Waals surface area contributed by atoms with Crippen molar-refractivity contribution in [2.45, 2.75) is 130 Å². The molecule has 4 aliphatic heterocycles. The Bertz CT molecular complexity index is 1830. The van der Waals surface area contributed by atoms with Gasteiger partial charge in [-0.15, -0.1) is 11.3 Å². The van der Waals surface area contributed by atoms with Crippen LogP contribution in [-0.4, -0.2) is 95.5 Å². The number of thiazole rings is 1. The Kier molecular flexibility index (Phi) is 17.0. The Hall–Kier alpha value is -3.90. The number of hydrogen-bond donors (Lipinski definition) is 1. The first-order valence-corrected chi connectivity index (χ1v) is 24.7. The minimum Gasteiger partial charge on any atom is -0.444 e. The number of nitrogens with two attached hydrogens (primary N) is 1. The minimum atomic E-state index is -0.421. The molecule has 0 bridgehead atoms. The van der Waals surface area contributed by atoms with Gasteiger partial charge in [0.25, 0.3) is 0 Å². The summed E-state index contributed by atoms with van der Waals surface area (Å²) in [6.07, 6.45) is 14.7. The third kappa shape index (κ3) is 14.8. The molecule has 0 aliphatic carbocycles. The van der Waals surface area contributed by atoms with Crippen molar-refractivity contribution in [3.05, 3.63) is 76.2 Å². The number of likely N-dealkylation sites (tertiary alicyclic amines) is 2. The second-order valence-corrected chi connectivity index (χ2v) is 21.5. The number of ether oxygens (including phenoxy) is 2. The number of anilines is 2. The van der Waals surface area contributed by atoms with Gasteiger partial charge < -0.3 is 34.8 Å². The third-order valence-corrected chi connectivity index (χ3v) is 14.2. The molecule has 4 saturated heterocycles. The smallest absolute Gasteiger partial charge is 0.410 e. The van der Waals surface area contributed by atoms with E-state index in [1.54, 1.807) is 11.3 Å². The first kappa shape index (κ1) is 47.6. The van der Waals surface area contributed by atoms with Crippen molar-refractivity contribution in [3.8, 4) is 0 Å². The normalized spacial score (nSPS) is 18.9. The van der Waals surface area contributed by atoms with Crippen LogP contribution in [-0.2, 0) is 28.7 Å². The van der Waals surface area contributed by atoms with Gasteiger partial charge in [0.2, 0.25) is 0 Å². The summed E-state index contributed by atoms with van der Waals surface area (Å²) >= 11 is 6.71. The maximum atomic E-state index is 12.3. The van der Waals surface area contributed by atoms with Crippen LogP contribution in [0, 0.1) is 23.7 Å². The number of carbonyl (C=O) groups is 2. The summed E-state index contributed by atoms with van der Waals surface area (Å²) in [5.41, 5.74) is 10.1. The van der Waals surface area contributed by atoms with Crippen molar-refractivity contribution in [1.82, 2.24) is 14.8 Å². The molecule has 3 aromatic rings. The lowest BCUT2D eigenvalue weighted by Gasteiger charge is -2.41. The molecule has 12 heteroatoms. The molecule has 0 unspecified atom stereocenters. The van der Waals surface area contributed by atoms with Crippen molar-refractivity contribution in [3.63, 3.8) is 0 Å². The summed E-state index contributed by atoms with van der Waals surface area (Å²) in [4.78, 5) is 38.4. The zero-order valence-electron chi connectivity index (χ0n) is 38.5. The number of aromatic nitrogens is 1. The van der Waals surface area contributed by atoms with Crippen LogP contribution in [0.4, 0.5) is 21.0 Å². The molecule has 2 aromatic carbocycles. The number of carbonyl (C=O) groups excluding carboxylic acids is 2. The van der Waals surface area contributed by atoms with E-state index in [4.69, 9.17) is 27.4 Å². The molecule has 10 nitrogen and oxygen atoms in total. The number of nitrogens with zero attached hydrogens (tertiary/aromatic N) is 5. The topological polar surface area (TPSA) is 104 Å². The van der Waals surface area contributed by atoms with Gasteiger partial charge >= 0.3 is 12.2 Å². The highest BCUT2D eigenvalue weighted by Crippen LogP contribution is 2.36. The molecule has 0 atom stereocenters. The van der Waals surface area contributed by atoms with Crippen LogP contribution in [0.5, 0.6) is 0 Å². The van der Waals surface area contributed by atoms with Crippen molar-refractivity contribution in [1.29, 1.82) is 0 Å². The van der Waals surface area contributed by atoms with Crippen LogP contribution in [0.2, 0.25) is 0 Å². The van der Waals surface area contributed by atoms with Crippen LogP contribution in [0.25, 0.3) is 0 Å². The number of aryl methyl sites for hydroxylation is 3. The first-order valence-electron chi connectivity index (χ1n) is 23.4. The molecule has 0 spiro atoms. The van der Waals surface area contributed by atoms with Gasteiger partial charge in [0.15, 0.2) is 0 Å². The van der Waals surface area contributed by atoms with Gasteiger partial charge in [-0.05, 0) is 165 Å². The highest BCUT2D eigenvalue weighted by molar-refractivity contribution is 7.80. The second-order valence-electron chi connectivity index (χ2n) is 20.0. The Morgan fingerprint density at radius 1 is 0.613 bits per heavy atom. The predicted molar refractivity (Wildman–Crippen MR) is 258 cm³/mol. The molecule has 7 rings (SSSR count). The van der Waals surface area contributed by atoms with E-state index in [9.17, 15) is 9.59 Å². The summed E-state index contributed by atoms with van der Waals surface area (Å²) in [6, 6.07) is 18.0. The van der Waals surface area contributed by atoms with E-state index in [-0.39, 0.29) is 12.2 Å². The maximum absolute atomic E-state index is 12.3.